The quantitative estimate of drug-likeness (QED) is 0.572. The summed E-state index contributed by atoms with van der Waals surface area (Å²) in [6.45, 7) is 0. The molecular formula is C10H4F4. The van der Waals surface area contributed by atoms with Crippen molar-refractivity contribution in [2.24, 2.45) is 0 Å². The topological polar surface area (TPSA) is 0 Å². The van der Waals surface area contributed by atoms with E-state index in [1.807, 2.05) is 0 Å². The van der Waals surface area contributed by atoms with Crippen molar-refractivity contribution in [3.63, 3.8) is 0 Å². The third-order valence-electron chi connectivity index (χ3n) is 1.98. The van der Waals surface area contributed by atoms with Gasteiger partial charge in [-0.15, -0.1) is 0 Å². The van der Waals surface area contributed by atoms with Crippen LogP contribution in [0, 0.1) is 23.3 Å². The molecule has 72 valence electrons. The second-order valence-electron chi connectivity index (χ2n) is 2.82. The molecule has 0 saturated heterocycles. The fourth-order valence-corrected chi connectivity index (χ4v) is 1.28. The van der Waals surface area contributed by atoms with Crippen LogP contribution in [-0.2, 0) is 0 Å². The van der Waals surface area contributed by atoms with Gasteiger partial charge in [0, 0.05) is 10.8 Å². The first-order valence-corrected chi connectivity index (χ1v) is 3.83. The maximum absolute atomic E-state index is 13.0. The Morgan fingerprint density at radius 3 is 1.29 bits per heavy atom. The zero-order chi connectivity index (χ0) is 10.3. The van der Waals surface area contributed by atoms with Gasteiger partial charge >= 0.3 is 0 Å². The molecule has 0 aliphatic rings. The van der Waals surface area contributed by atoms with Crippen molar-refractivity contribution in [1.29, 1.82) is 0 Å². The van der Waals surface area contributed by atoms with Crippen molar-refractivity contribution in [1.82, 2.24) is 0 Å². The van der Waals surface area contributed by atoms with E-state index in [0.29, 0.717) is 0 Å². The summed E-state index contributed by atoms with van der Waals surface area (Å²) in [5.41, 5.74) is 0. The molecule has 0 amide bonds. The molecule has 2 aromatic rings. The minimum Gasteiger partial charge on any atom is -0.204 e. The summed E-state index contributed by atoms with van der Waals surface area (Å²) in [4.78, 5) is 0. The maximum atomic E-state index is 13.0. The van der Waals surface area contributed by atoms with Crippen LogP contribution in [0.2, 0.25) is 0 Å². The molecule has 0 saturated carbocycles. The molecule has 0 fully saturated rings. The Kier molecular flexibility index (Phi) is 1.91. The lowest BCUT2D eigenvalue weighted by Crippen LogP contribution is -1.91. The minimum atomic E-state index is -1.17. The van der Waals surface area contributed by atoms with Gasteiger partial charge in [0.2, 0.25) is 0 Å². The molecule has 14 heavy (non-hydrogen) atoms. The fraction of sp³-hybridized carbons (Fsp3) is 0. The van der Waals surface area contributed by atoms with E-state index < -0.39 is 23.3 Å². The third kappa shape index (κ3) is 1.14. The van der Waals surface area contributed by atoms with Crippen LogP contribution in [0.4, 0.5) is 17.6 Å². The Balaban J connectivity index is 2.94. The van der Waals surface area contributed by atoms with Gasteiger partial charge in [0.05, 0.1) is 0 Å². The van der Waals surface area contributed by atoms with E-state index in [4.69, 9.17) is 0 Å². The Morgan fingerprint density at radius 1 is 0.571 bits per heavy atom. The standard InChI is InChI=1S/C10H4F4/c11-7-3-1-5-6(10(7)14)2-4-8(12)9(5)13/h1-4H. The van der Waals surface area contributed by atoms with Crippen molar-refractivity contribution in [2.45, 2.75) is 0 Å². The molecule has 0 bridgehead atoms. The van der Waals surface area contributed by atoms with E-state index in [0.717, 1.165) is 24.3 Å². The Morgan fingerprint density at radius 2 is 0.929 bits per heavy atom. The van der Waals surface area contributed by atoms with E-state index in [1.165, 1.54) is 0 Å². The normalized spacial score (nSPS) is 10.9. The molecule has 0 spiro atoms. The molecule has 0 atom stereocenters. The average Bonchev–Trinajstić information content (AvgIpc) is 2.17. The zero-order valence-corrected chi connectivity index (χ0v) is 6.82. The van der Waals surface area contributed by atoms with Crippen molar-refractivity contribution in [3.05, 3.63) is 47.5 Å². The predicted molar refractivity (Wildman–Crippen MR) is 43.8 cm³/mol. The highest BCUT2D eigenvalue weighted by atomic mass is 19.2. The van der Waals surface area contributed by atoms with Crippen LogP contribution in [-0.4, -0.2) is 0 Å². The molecule has 0 radical (unpaired) electrons. The van der Waals surface area contributed by atoms with Crippen molar-refractivity contribution in [2.75, 3.05) is 0 Å². The first-order chi connectivity index (χ1) is 6.61. The summed E-state index contributed by atoms with van der Waals surface area (Å²) in [5.74, 6) is -4.49. The van der Waals surface area contributed by atoms with Crippen molar-refractivity contribution in [3.8, 4) is 0 Å². The molecule has 0 heterocycles. The van der Waals surface area contributed by atoms with Gasteiger partial charge in [0.1, 0.15) is 0 Å². The Labute approximate surface area is 76.8 Å². The molecule has 0 aromatic heterocycles. The summed E-state index contributed by atoms with van der Waals surface area (Å²) in [6.07, 6.45) is 0. The lowest BCUT2D eigenvalue weighted by molar-refractivity contribution is 0.507. The van der Waals surface area contributed by atoms with Gasteiger partial charge in [-0.3, -0.25) is 0 Å². The lowest BCUT2D eigenvalue weighted by atomic mass is 10.1. The van der Waals surface area contributed by atoms with E-state index in [1.54, 1.807) is 0 Å². The molecule has 0 aliphatic carbocycles. The van der Waals surface area contributed by atoms with E-state index >= 15 is 0 Å². The molecule has 0 aliphatic heterocycles. The average molecular weight is 200 g/mol. The molecule has 0 unspecified atom stereocenters. The molecule has 0 nitrogen and oxygen atoms in total. The third-order valence-corrected chi connectivity index (χ3v) is 1.98. The van der Waals surface area contributed by atoms with Crippen molar-refractivity contribution < 1.29 is 17.6 Å². The molecule has 2 aromatic carbocycles. The lowest BCUT2D eigenvalue weighted by Gasteiger charge is -2.02. The second-order valence-corrected chi connectivity index (χ2v) is 2.82. The highest BCUT2D eigenvalue weighted by molar-refractivity contribution is 5.83. The van der Waals surface area contributed by atoms with E-state index in [2.05, 4.69) is 0 Å². The minimum absolute atomic E-state index is 0.260. The SMILES string of the molecule is Fc1ccc2c(F)c(F)ccc2c1F. The van der Waals surface area contributed by atoms with Gasteiger partial charge in [-0.1, -0.05) is 0 Å². The predicted octanol–water partition coefficient (Wildman–Crippen LogP) is 3.40. The van der Waals surface area contributed by atoms with Crippen LogP contribution < -0.4 is 0 Å². The van der Waals surface area contributed by atoms with Gasteiger partial charge in [-0.25, -0.2) is 17.6 Å². The Hall–Kier alpha value is -1.58. The first kappa shape index (κ1) is 8.99. The van der Waals surface area contributed by atoms with Crippen LogP contribution in [0.3, 0.4) is 0 Å². The molecular weight excluding hydrogens is 196 g/mol. The highest BCUT2D eigenvalue weighted by Gasteiger charge is 2.12. The summed E-state index contributed by atoms with van der Waals surface area (Å²) < 4.78 is 51.5. The van der Waals surface area contributed by atoms with Crippen LogP contribution in [0.5, 0.6) is 0 Å². The highest BCUT2D eigenvalue weighted by Crippen LogP contribution is 2.24. The van der Waals surface area contributed by atoms with Crippen LogP contribution >= 0.6 is 0 Å². The number of hydrogen-bond acceptors (Lipinski definition) is 0. The number of halogens is 4. The van der Waals surface area contributed by atoms with Crippen molar-refractivity contribution >= 4 is 10.8 Å². The number of fused-ring (bicyclic) bond motifs is 1. The second kappa shape index (κ2) is 2.97. The largest absolute Gasteiger partial charge is 0.204 e. The summed E-state index contributed by atoms with van der Waals surface area (Å²) in [5, 5.41) is -0.521. The van der Waals surface area contributed by atoms with Gasteiger partial charge in [0.15, 0.2) is 23.3 Å². The zero-order valence-electron chi connectivity index (χ0n) is 6.82. The fourth-order valence-electron chi connectivity index (χ4n) is 1.28. The first-order valence-electron chi connectivity index (χ1n) is 3.83. The summed E-state index contributed by atoms with van der Waals surface area (Å²) in [6, 6.07) is 3.54. The van der Waals surface area contributed by atoms with Gasteiger partial charge in [0.25, 0.3) is 0 Å². The molecule has 4 heteroatoms. The summed E-state index contributed by atoms with van der Waals surface area (Å²) >= 11 is 0. The molecule has 0 N–H and O–H groups in total. The van der Waals surface area contributed by atoms with Gasteiger partial charge < -0.3 is 0 Å². The maximum Gasteiger partial charge on any atom is 0.166 e. The number of hydrogen-bond donors (Lipinski definition) is 0. The smallest absolute Gasteiger partial charge is 0.166 e. The van der Waals surface area contributed by atoms with Crippen LogP contribution in [0.1, 0.15) is 0 Å². The van der Waals surface area contributed by atoms with Crippen LogP contribution in [0.15, 0.2) is 24.3 Å². The monoisotopic (exact) mass is 200 g/mol. The summed E-state index contributed by atoms with van der Waals surface area (Å²) in [7, 11) is 0. The molecule has 2 rings (SSSR count). The number of benzene rings is 2. The van der Waals surface area contributed by atoms with E-state index in [-0.39, 0.29) is 10.8 Å². The van der Waals surface area contributed by atoms with Gasteiger partial charge in [-0.2, -0.15) is 0 Å². The van der Waals surface area contributed by atoms with Gasteiger partial charge in [-0.05, 0) is 24.3 Å². The number of rotatable bonds is 0. The van der Waals surface area contributed by atoms with E-state index in [9.17, 15) is 17.6 Å². The van der Waals surface area contributed by atoms with Crippen LogP contribution in [0.25, 0.3) is 10.8 Å². The Bertz CT molecular complexity index is 458.